The Morgan fingerprint density at radius 3 is 3.08 bits per heavy atom. The molecule has 2 rings (SSSR count). The lowest BCUT2D eigenvalue weighted by molar-refractivity contribution is 0.315. The summed E-state index contributed by atoms with van der Waals surface area (Å²) in [5, 5.41) is 3.40. The maximum atomic E-state index is 5.74. The first kappa shape index (κ1) is 7.83. The first-order chi connectivity index (χ1) is 5.87. The number of nitrogens with two attached hydrogens (primary N) is 1. The van der Waals surface area contributed by atoms with Crippen molar-refractivity contribution in [2.45, 2.75) is 18.4 Å². The van der Waals surface area contributed by atoms with Crippen LogP contribution in [0.2, 0.25) is 0 Å². The van der Waals surface area contributed by atoms with E-state index in [0.29, 0.717) is 6.54 Å². The molecule has 3 nitrogen and oxygen atoms in total. The summed E-state index contributed by atoms with van der Waals surface area (Å²) in [6.07, 6.45) is 3.96. The van der Waals surface area contributed by atoms with E-state index in [1.54, 1.807) is 6.26 Å². The zero-order valence-corrected chi connectivity index (χ0v) is 7.05. The van der Waals surface area contributed by atoms with Crippen LogP contribution in [0.15, 0.2) is 22.8 Å². The molecule has 1 fully saturated rings. The highest BCUT2D eigenvalue weighted by Gasteiger charge is 2.36. The standard InChI is InChI=1S/C9H14N2O/c10-7-9(4-2-5-11-9)8-3-1-6-12-8/h1,3,6,11H,2,4-5,7,10H2. The summed E-state index contributed by atoms with van der Waals surface area (Å²) in [5.41, 5.74) is 5.66. The molecule has 3 heteroatoms. The third-order valence-electron chi connectivity index (χ3n) is 2.59. The average Bonchev–Trinajstić information content (AvgIpc) is 2.76. The Balaban J connectivity index is 2.28. The fourth-order valence-electron chi connectivity index (χ4n) is 1.84. The third-order valence-corrected chi connectivity index (χ3v) is 2.59. The van der Waals surface area contributed by atoms with Gasteiger partial charge in [-0.05, 0) is 31.5 Å². The predicted octanol–water partition coefficient (Wildman–Crippen LogP) is 0.817. The van der Waals surface area contributed by atoms with Crippen molar-refractivity contribution in [3.63, 3.8) is 0 Å². The van der Waals surface area contributed by atoms with Gasteiger partial charge in [-0.15, -0.1) is 0 Å². The summed E-state index contributed by atoms with van der Waals surface area (Å²) in [6.45, 7) is 1.65. The van der Waals surface area contributed by atoms with Crippen LogP contribution >= 0.6 is 0 Å². The van der Waals surface area contributed by atoms with E-state index in [1.165, 1.54) is 6.42 Å². The monoisotopic (exact) mass is 166 g/mol. The Morgan fingerprint density at radius 1 is 1.67 bits per heavy atom. The van der Waals surface area contributed by atoms with Crippen LogP contribution < -0.4 is 11.1 Å². The molecule has 1 unspecified atom stereocenters. The molecule has 0 aliphatic carbocycles. The Labute approximate surface area is 71.9 Å². The SMILES string of the molecule is NCC1(c2ccco2)CCCN1. The van der Waals surface area contributed by atoms with E-state index in [2.05, 4.69) is 5.32 Å². The summed E-state index contributed by atoms with van der Waals surface area (Å²) in [6, 6.07) is 3.90. The van der Waals surface area contributed by atoms with Gasteiger partial charge in [0.1, 0.15) is 5.76 Å². The average molecular weight is 166 g/mol. The molecule has 1 saturated heterocycles. The van der Waals surface area contributed by atoms with E-state index in [0.717, 1.165) is 18.7 Å². The molecule has 2 heterocycles. The minimum Gasteiger partial charge on any atom is -0.467 e. The van der Waals surface area contributed by atoms with E-state index >= 15 is 0 Å². The minimum absolute atomic E-state index is 0.0799. The number of nitrogens with one attached hydrogen (secondary N) is 1. The van der Waals surface area contributed by atoms with Gasteiger partial charge in [0.05, 0.1) is 11.8 Å². The van der Waals surface area contributed by atoms with E-state index in [9.17, 15) is 0 Å². The smallest absolute Gasteiger partial charge is 0.125 e. The first-order valence-corrected chi connectivity index (χ1v) is 4.36. The summed E-state index contributed by atoms with van der Waals surface area (Å²) >= 11 is 0. The van der Waals surface area contributed by atoms with Crippen LogP contribution in [0.3, 0.4) is 0 Å². The van der Waals surface area contributed by atoms with Gasteiger partial charge in [0, 0.05) is 6.54 Å². The molecule has 0 bridgehead atoms. The second kappa shape index (κ2) is 2.92. The minimum atomic E-state index is -0.0799. The Hall–Kier alpha value is -0.800. The van der Waals surface area contributed by atoms with E-state index in [-0.39, 0.29) is 5.54 Å². The molecule has 1 aliphatic heterocycles. The second-order valence-electron chi connectivity index (χ2n) is 3.29. The van der Waals surface area contributed by atoms with Gasteiger partial charge in [0.15, 0.2) is 0 Å². The largest absolute Gasteiger partial charge is 0.467 e. The molecule has 1 aliphatic rings. The van der Waals surface area contributed by atoms with Gasteiger partial charge in [-0.25, -0.2) is 0 Å². The molecule has 0 aromatic carbocycles. The van der Waals surface area contributed by atoms with Crippen molar-refractivity contribution in [1.29, 1.82) is 0 Å². The quantitative estimate of drug-likeness (QED) is 0.683. The Morgan fingerprint density at radius 2 is 2.58 bits per heavy atom. The molecule has 66 valence electrons. The Kier molecular flexibility index (Phi) is 1.90. The molecule has 1 atom stereocenters. The topological polar surface area (TPSA) is 51.2 Å². The molecule has 0 spiro atoms. The van der Waals surface area contributed by atoms with Crippen molar-refractivity contribution >= 4 is 0 Å². The van der Waals surface area contributed by atoms with Crippen molar-refractivity contribution in [1.82, 2.24) is 5.32 Å². The third kappa shape index (κ3) is 1.06. The lowest BCUT2D eigenvalue weighted by Crippen LogP contribution is -2.43. The predicted molar refractivity (Wildman–Crippen MR) is 46.7 cm³/mol. The lowest BCUT2D eigenvalue weighted by Gasteiger charge is -2.24. The maximum Gasteiger partial charge on any atom is 0.125 e. The van der Waals surface area contributed by atoms with Crippen molar-refractivity contribution in [3.8, 4) is 0 Å². The molecule has 0 saturated carbocycles. The normalized spacial score (nSPS) is 29.4. The van der Waals surface area contributed by atoms with E-state index in [4.69, 9.17) is 10.2 Å². The highest BCUT2D eigenvalue weighted by Crippen LogP contribution is 2.29. The highest BCUT2D eigenvalue weighted by molar-refractivity contribution is 5.15. The first-order valence-electron chi connectivity index (χ1n) is 4.36. The molecular weight excluding hydrogens is 152 g/mol. The van der Waals surface area contributed by atoms with Gasteiger partial charge in [-0.2, -0.15) is 0 Å². The van der Waals surface area contributed by atoms with Gasteiger partial charge >= 0.3 is 0 Å². The van der Waals surface area contributed by atoms with Crippen LogP contribution in [0.25, 0.3) is 0 Å². The van der Waals surface area contributed by atoms with Crippen molar-refractivity contribution in [2.75, 3.05) is 13.1 Å². The number of furan rings is 1. The van der Waals surface area contributed by atoms with Crippen LogP contribution in [-0.4, -0.2) is 13.1 Å². The zero-order valence-electron chi connectivity index (χ0n) is 7.05. The van der Waals surface area contributed by atoms with Crippen LogP contribution in [0.4, 0.5) is 0 Å². The van der Waals surface area contributed by atoms with Crippen molar-refractivity contribution < 1.29 is 4.42 Å². The van der Waals surface area contributed by atoms with E-state index in [1.807, 2.05) is 12.1 Å². The molecular formula is C9H14N2O. The number of hydrogen-bond donors (Lipinski definition) is 2. The Bertz CT molecular complexity index is 237. The molecule has 12 heavy (non-hydrogen) atoms. The van der Waals surface area contributed by atoms with Crippen molar-refractivity contribution in [3.05, 3.63) is 24.2 Å². The summed E-state index contributed by atoms with van der Waals surface area (Å²) in [5.74, 6) is 0.975. The van der Waals surface area contributed by atoms with Gasteiger partial charge in [0.2, 0.25) is 0 Å². The van der Waals surface area contributed by atoms with Gasteiger partial charge < -0.3 is 15.5 Å². The van der Waals surface area contributed by atoms with Crippen LogP contribution in [-0.2, 0) is 5.54 Å². The summed E-state index contributed by atoms with van der Waals surface area (Å²) in [4.78, 5) is 0. The van der Waals surface area contributed by atoms with Crippen LogP contribution in [0, 0.1) is 0 Å². The number of hydrogen-bond acceptors (Lipinski definition) is 3. The molecule has 0 radical (unpaired) electrons. The maximum absolute atomic E-state index is 5.74. The second-order valence-corrected chi connectivity index (χ2v) is 3.29. The molecule has 0 amide bonds. The van der Waals surface area contributed by atoms with Gasteiger partial charge in [-0.3, -0.25) is 0 Å². The number of rotatable bonds is 2. The zero-order chi connectivity index (χ0) is 8.44. The fourth-order valence-corrected chi connectivity index (χ4v) is 1.84. The molecule has 3 N–H and O–H groups in total. The molecule has 1 aromatic rings. The lowest BCUT2D eigenvalue weighted by atomic mass is 9.95. The molecule has 1 aromatic heterocycles. The fraction of sp³-hybridized carbons (Fsp3) is 0.556. The van der Waals surface area contributed by atoms with Gasteiger partial charge in [0.25, 0.3) is 0 Å². The van der Waals surface area contributed by atoms with Crippen LogP contribution in [0.5, 0.6) is 0 Å². The van der Waals surface area contributed by atoms with Crippen molar-refractivity contribution in [2.24, 2.45) is 5.73 Å². The van der Waals surface area contributed by atoms with Gasteiger partial charge in [-0.1, -0.05) is 0 Å². The van der Waals surface area contributed by atoms with E-state index < -0.39 is 0 Å². The summed E-state index contributed by atoms with van der Waals surface area (Å²) < 4.78 is 5.37. The highest BCUT2D eigenvalue weighted by atomic mass is 16.3. The van der Waals surface area contributed by atoms with Crippen LogP contribution in [0.1, 0.15) is 18.6 Å². The summed E-state index contributed by atoms with van der Waals surface area (Å²) in [7, 11) is 0.